The fraction of sp³-hybridized carbons (Fsp3) is 0.238. The van der Waals surface area contributed by atoms with Crippen LogP contribution in [0.2, 0.25) is 0 Å². The summed E-state index contributed by atoms with van der Waals surface area (Å²) >= 11 is 1.37. The van der Waals surface area contributed by atoms with Crippen LogP contribution in [0, 0.1) is 27.7 Å². The van der Waals surface area contributed by atoms with Gasteiger partial charge >= 0.3 is 0 Å². The maximum Gasteiger partial charge on any atom is 0.267 e. The highest BCUT2D eigenvalue weighted by atomic mass is 32.1. The monoisotopic (exact) mass is 366 g/mol. The van der Waals surface area contributed by atoms with Crippen molar-refractivity contribution < 1.29 is 9.53 Å². The highest BCUT2D eigenvalue weighted by Gasteiger charge is 2.16. The molecule has 0 aliphatic rings. The van der Waals surface area contributed by atoms with Crippen LogP contribution in [0.5, 0.6) is 5.75 Å². The number of aromatic nitrogens is 1. The molecule has 0 radical (unpaired) electrons. The third-order valence-electron chi connectivity index (χ3n) is 4.02. The minimum atomic E-state index is -0.136. The second kappa shape index (κ2) is 7.70. The Balaban J connectivity index is 1.70. The van der Waals surface area contributed by atoms with Gasteiger partial charge in [0.05, 0.1) is 5.69 Å². The smallest absolute Gasteiger partial charge is 0.267 e. The normalized spacial score (nSPS) is 10.6. The van der Waals surface area contributed by atoms with E-state index in [0.29, 0.717) is 11.5 Å². The molecule has 0 saturated carbocycles. The zero-order valence-corrected chi connectivity index (χ0v) is 16.2. The van der Waals surface area contributed by atoms with Gasteiger partial charge in [0.1, 0.15) is 22.2 Å². The number of nitrogens with one attached hydrogen (secondary N) is 1. The number of rotatable bonds is 5. The molecule has 0 unspecified atom stereocenters. The van der Waals surface area contributed by atoms with E-state index in [2.05, 4.69) is 16.4 Å². The highest BCUT2D eigenvalue weighted by molar-refractivity contribution is 7.13. The van der Waals surface area contributed by atoms with Gasteiger partial charge in [-0.05, 0) is 62.6 Å². The minimum absolute atomic E-state index is 0.136. The Morgan fingerprint density at radius 2 is 1.85 bits per heavy atom. The molecule has 134 valence electrons. The first-order chi connectivity index (χ1) is 12.4. The summed E-state index contributed by atoms with van der Waals surface area (Å²) in [7, 11) is 0. The summed E-state index contributed by atoms with van der Waals surface area (Å²) in [6.07, 6.45) is 0. The topological polar surface area (TPSA) is 51.2 Å². The molecule has 1 N–H and O–H groups in total. The van der Waals surface area contributed by atoms with Crippen molar-refractivity contribution in [3.8, 4) is 5.75 Å². The molecule has 0 saturated heterocycles. The Hall–Kier alpha value is -2.66. The molecule has 3 rings (SSSR count). The van der Waals surface area contributed by atoms with Gasteiger partial charge in [-0.1, -0.05) is 24.3 Å². The molecule has 0 atom stereocenters. The van der Waals surface area contributed by atoms with Crippen molar-refractivity contribution in [2.45, 2.75) is 34.3 Å². The zero-order valence-electron chi connectivity index (χ0n) is 15.4. The number of amides is 1. The molecular formula is C21H22N2O2S. The molecule has 26 heavy (non-hydrogen) atoms. The number of hydrogen-bond donors (Lipinski definition) is 1. The van der Waals surface area contributed by atoms with Gasteiger partial charge in [-0.2, -0.15) is 0 Å². The van der Waals surface area contributed by atoms with Gasteiger partial charge in [-0.15, -0.1) is 11.3 Å². The summed E-state index contributed by atoms with van der Waals surface area (Å²) in [5.41, 5.74) is 4.85. The van der Waals surface area contributed by atoms with E-state index >= 15 is 0 Å². The quantitative estimate of drug-likeness (QED) is 0.674. The van der Waals surface area contributed by atoms with Crippen LogP contribution in [0.25, 0.3) is 0 Å². The average Bonchev–Trinajstić information content (AvgIpc) is 2.96. The van der Waals surface area contributed by atoms with Crippen molar-refractivity contribution in [1.29, 1.82) is 0 Å². The Morgan fingerprint density at radius 1 is 1.08 bits per heavy atom. The van der Waals surface area contributed by atoms with Gasteiger partial charge in [0.15, 0.2) is 0 Å². The fourth-order valence-electron chi connectivity index (χ4n) is 2.64. The first-order valence-corrected chi connectivity index (χ1v) is 9.28. The lowest BCUT2D eigenvalue weighted by molar-refractivity contribution is 0.103. The molecule has 4 nitrogen and oxygen atoms in total. The van der Waals surface area contributed by atoms with Crippen LogP contribution in [-0.4, -0.2) is 10.9 Å². The Morgan fingerprint density at radius 3 is 2.62 bits per heavy atom. The number of anilines is 1. The average molecular weight is 366 g/mol. The van der Waals surface area contributed by atoms with Gasteiger partial charge in [0.2, 0.25) is 0 Å². The number of aryl methyl sites for hydroxylation is 4. The summed E-state index contributed by atoms with van der Waals surface area (Å²) < 4.78 is 5.90. The van der Waals surface area contributed by atoms with Gasteiger partial charge in [0.25, 0.3) is 5.91 Å². The Bertz CT molecular complexity index is 947. The number of thiazole rings is 1. The minimum Gasteiger partial charge on any atom is -0.486 e. The second-order valence-electron chi connectivity index (χ2n) is 6.40. The summed E-state index contributed by atoms with van der Waals surface area (Å²) in [4.78, 5) is 17.7. The summed E-state index contributed by atoms with van der Waals surface area (Å²) in [5, 5.41) is 3.72. The number of ether oxygens (including phenoxy) is 1. The zero-order chi connectivity index (χ0) is 18.7. The third-order valence-corrected chi connectivity index (χ3v) is 5.15. The largest absolute Gasteiger partial charge is 0.486 e. The summed E-state index contributed by atoms with van der Waals surface area (Å²) in [6.45, 7) is 8.25. The van der Waals surface area contributed by atoms with E-state index in [1.807, 2.05) is 64.1 Å². The van der Waals surface area contributed by atoms with Crippen molar-refractivity contribution in [3.63, 3.8) is 0 Å². The van der Waals surface area contributed by atoms with Crippen molar-refractivity contribution in [2.75, 3.05) is 5.32 Å². The number of nitrogens with zero attached hydrogens (tertiary/aromatic N) is 1. The van der Waals surface area contributed by atoms with E-state index in [1.54, 1.807) is 0 Å². The maximum atomic E-state index is 12.6. The molecule has 2 aromatic carbocycles. The number of hydrogen-bond acceptors (Lipinski definition) is 4. The van der Waals surface area contributed by atoms with Crippen molar-refractivity contribution in [3.05, 3.63) is 74.7 Å². The molecule has 1 amide bonds. The van der Waals surface area contributed by atoms with Crippen LogP contribution in [0.1, 0.15) is 37.1 Å². The lowest BCUT2D eigenvalue weighted by Gasteiger charge is -2.08. The molecule has 0 bridgehead atoms. The van der Waals surface area contributed by atoms with E-state index in [0.717, 1.165) is 38.8 Å². The molecule has 0 fully saturated rings. The van der Waals surface area contributed by atoms with Crippen LogP contribution in [0.3, 0.4) is 0 Å². The molecule has 5 heteroatoms. The van der Waals surface area contributed by atoms with Crippen LogP contribution in [0.4, 0.5) is 5.69 Å². The first-order valence-electron chi connectivity index (χ1n) is 8.47. The fourth-order valence-corrected chi connectivity index (χ4v) is 3.51. The van der Waals surface area contributed by atoms with Crippen molar-refractivity contribution in [2.24, 2.45) is 0 Å². The molecule has 1 heterocycles. The van der Waals surface area contributed by atoms with E-state index in [1.165, 1.54) is 11.3 Å². The number of carbonyl (C=O) groups is 1. The number of benzene rings is 2. The summed E-state index contributed by atoms with van der Waals surface area (Å²) in [5.74, 6) is 0.715. The van der Waals surface area contributed by atoms with Crippen LogP contribution in [-0.2, 0) is 6.61 Å². The molecule has 1 aromatic heterocycles. The van der Waals surface area contributed by atoms with Gasteiger partial charge in [-0.3, -0.25) is 4.79 Å². The lowest BCUT2D eigenvalue weighted by atomic mass is 10.1. The van der Waals surface area contributed by atoms with Crippen LogP contribution in [0.15, 0.2) is 42.5 Å². The van der Waals surface area contributed by atoms with Gasteiger partial charge < -0.3 is 10.1 Å². The molecular weight excluding hydrogens is 344 g/mol. The maximum absolute atomic E-state index is 12.6. The second-order valence-corrected chi connectivity index (χ2v) is 7.49. The highest BCUT2D eigenvalue weighted by Crippen LogP contribution is 2.24. The number of carbonyl (C=O) groups excluding carboxylic acids is 1. The van der Waals surface area contributed by atoms with Gasteiger partial charge in [0, 0.05) is 5.69 Å². The molecule has 0 spiro atoms. The van der Waals surface area contributed by atoms with E-state index < -0.39 is 0 Å². The van der Waals surface area contributed by atoms with E-state index in [4.69, 9.17) is 4.74 Å². The van der Waals surface area contributed by atoms with Crippen LogP contribution < -0.4 is 10.1 Å². The third kappa shape index (κ3) is 4.29. The standard InChI is InChI=1S/C21H22N2O2S/c1-13-6-5-7-17(10-13)23-21(24)20-16(4)22-19(26-20)12-25-18-11-14(2)8-9-15(18)3/h5-11H,12H2,1-4H3,(H,23,24). The van der Waals surface area contributed by atoms with Crippen LogP contribution >= 0.6 is 11.3 Å². The lowest BCUT2D eigenvalue weighted by Crippen LogP contribution is -2.11. The first kappa shape index (κ1) is 18.1. The van der Waals surface area contributed by atoms with E-state index in [-0.39, 0.29) is 5.91 Å². The molecule has 0 aliphatic heterocycles. The Kier molecular flexibility index (Phi) is 5.38. The predicted octanol–water partition coefficient (Wildman–Crippen LogP) is 5.21. The van der Waals surface area contributed by atoms with Gasteiger partial charge in [-0.25, -0.2) is 4.98 Å². The Labute approximate surface area is 157 Å². The van der Waals surface area contributed by atoms with E-state index in [9.17, 15) is 4.79 Å². The van der Waals surface area contributed by atoms with Crippen molar-refractivity contribution in [1.82, 2.24) is 4.98 Å². The summed E-state index contributed by atoms with van der Waals surface area (Å²) in [6, 6.07) is 13.9. The predicted molar refractivity (Wildman–Crippen MR) is 106 cm³/mol. The molecule has 0 aliphatic carbocycles. The molecule has 3 aromatic rings. The van der Waals surface area contributed by atoms with Crippen molar-refractivity contribution >= 4 is 22.9 Å². The SMILES string of the molecule is Cc1cccc(NC(=O)c2sc(COc3cc(C)ccc3C)nc2C)c1.